The minimum atomic E-state index is 0.121. The lowest BCUT2D eigenvalue weighted by molar-refractivity contribution is 0.227. The van der Waals surface area contributed by atoms with E-state index in [4.69, 9.17) is 16.0 Å². The van der Waals surface area contributed by atoms with Crippen molar-refractivity contribution in [1.82, 2.24) is 10.6 Å². The Morgan fingerprint density at radius 3 is 2.87 bits per heavy atom. The van der Waals surface area contributed by atoms with Crippen LogP contribution in [0.5, 0.6) is 0 Å². The lowest BCUT2D eigenvalue weighted by Crippen LogP contribution is -2.52. The minimum absolute atomic E-state index is 0.121. The summed E-state index contributed by atoms with van der Waals surface area (Å²) in [5.41, 5.74) is 1.41. The molecule has 82 valence electrons. The summed E-state index contributed by atoms with van der Waals surface area (Å²) in [4.78, 5) is 0. The first-order chi connectivity index (χ1) is 7.30. The van der Waals surface area contributed by atoms with E-state index >= 15 is 0 Å². The van der Waals surface area contributed by atoms with E-state index in [2.05, 4.69) is 10.6 Å². The van der Waals surface area contributed by atoms with Crippen molar-refractivity contribution in [3.63, 3.8) is 0 Å². The number of hydrogen-bond acceptors (Lipinski definition) is 3. The van der Waals surface area contributed by atoms with Crippen LogP contribution < -0.4 is 10.6 Å². The molecule has 0 amide bonds. The largest absolute Gasteiger partial charge is 0.449 e. The lowest BCUT2D eigenvalue weighted by atomic mass is 9.79. The molecule has 3 rings (SSSR count). The van der Waals surface area contributed by atoms with Crippen LogP contribution in [0.1, 0.15) is 24.2 Å². The van der Waals surface area contributed by atoms with Crippen molar-refractivity contribution in [2.75, 3.05) is 19.6 Å². The zero-order valence-corrected chi connectivity index (χ0v) is 9.36. The van der Waals surface area contributed by atoms with Crippen LogP contribution in [0.2, 0.25) is 5.22 Å². The summed E-state index contributed by atoms with van der Waals surface area (Å²) in [6.07, 6.45) is 3.20. The van der Waals surface area contributed by atoms with Gasteiger partial charge in [-0.15, -0.1) is 0 Å². The maximum atomic E-state index is 5.94. The number of piperidine rings is 1. The van der Waals surface area contributed by atoms with E-state index in [-0.39, 0.29) is 5.54 Å². The van der Waals surface area contributed by atoms with Gasteiger partial charge in [-0.05, 0) is 37.5 Å². The van der Waals surface area contributed by atoms with E-state index < -0.39 is 0 Å². The molecular weight excluding hydrogens is 212 g/mol. The summed E-state index contributed by atoms with van der Waals surface area (Å²) in [5.74, 6) is 1.08. The van der Waals surface area contributed by atoms with Gasteiger partial charge in [0, 0.05) is 30.1 Å². The molecule has 0 aromatic carbocycles. The molecular formula is C11H15ClN2O. The molecule has 15 heavy (non-hydrogen) atoms. The average Bonchev–Trinajstić information content (AvgIpc) is 2.62. The number of fused-ring (bicyclic) bond motifs is 2. The first kappa shape index (κ1) is 9.70. The van der Waals surface area contributed by atoms with Crippen molar-refractivity contribution in [1.29, 1.82) is 0 Å². The number of hydrogen-bond donors (Lipinski definition) is 2. The predicted molar refractivity (Wildman–Crippen MR) is 59.2 cm³/mol. The Balaban J connectivity index is 2.03. The van der Waals surface area contributed by atoms with Gasteiger partial charge in [0.05, 0.1) is 0 Å². The third-order valence-electron chi connectivity index (χ3n) is 3.57. The maximum Gasteiger partial charge on any atom is 0.193 e. The molecule has 1 spiro atoms. The molecule has 1 fully saturated rings. The molecule has 3 nitrogen and oxygen atoms in total. The van der Waals surface area contributed by atoms with Gasteiger partial charge in [-0.1, -0.05) is 0 Å². The second-order valence-electron chi connectivity index (χ2n) is 4.40. The van der Waals surface area contributed by atoms with E-state index in [0.717, 1.165) is 44.7 Å². The van der Waals surface area contributed by atoms with Crippen LogP contribution in [0.3, 0.4) is 0 Å². The fourth-order valence-electron chi connectivity index (χ4n) is 2.80. The summed E-state index contributed by atoms with van der Waals surface area (Å²) in [6, 6.07) is 1.99. The second-order valence-corrected chi connectivity index (χ2v) is 4.77. The van der Waals surface area contributed by atoms with Crippen molar-refractivity contribution in [2.24, 2.45) is 0 Å². The smallest absolute Gasteiger partial charge is 0.193 e. The van der Waals surface area contributed by atoms with E-state index in [1.807, 2.05) is 6.07 Å². The number of halogens is 1. The Labute approximate surface area is 94.2 Å². The molecule has 0 aliphatic carbocycles. The summed E-state index contributed by atoms with van der Waals surface area (Å²) in [6.45, 7) is 3.13. The van der Waals surface area contributed by atoms with Crippen LogP contribution in [0.25, 0.3) is 0 Å². The number of furan rings is 1. The molecule has 2 aliphatic rings. The fraction of sp³-hybridized carbons (Fsp3) is 0.636. The molecule has 4 heteroatoms. The Hall–Kier alpha value is -0.510. The normalized spacial score (nSPS) is 24.1. The van der Waals surface area contributed by atoms with Crippen LogP contribution in [0, 0.1) is 0 Å². The van der Waals surface area contributed by atoms with Crippen LogP contribution in [0.4, 0.5) is 0 Å². The first-order valence-electron chi connectivity index (χ1n) is 5.55. The third kappa shape index (κ3) is 1.50. The number of rotatable bonds is 0. The van der Waals surface area contributed by atoms with Crippen molar-refractivity contribution >= 4 is 11.6 Å². The number of nitrogens with one attached hydrogen (secondary N) is 2. The zero-order chi connectivity index (χ0) is 10.3. The summed E-state index contributed by atoms with van der Waals surface area (Å²) >= 11 is 5.94. The topological polar surface area (TPSA) is 37.2 Å². The monoisotopic (exact) mass is 226 g/mol. The molecule has 0 unspecified atom stereocenters. The summed E-state index contributed by atoms with van der Waals surface area (Å²) in [5, 5.41) is 7.56. The van der Waals surface area contributed by atoms with Gasteiger partial charge in [0.25, 0.3) is 0 Å². The van der Waals surface area contributed by atoms with Gasteiger partial charge in [-0.2, -0.15) is 0 Å². The SMILES string of the molecule is Clc1cc2c(o1)CCNC21CCNCC1. The van der Waals surface area contributed by atoms with Gasteiger partial charge in [0.2, 0.25) is 0 Å². The molecule has 0 saturated carbocycles. The van der Waals surface area contributed by atoms with Gasteiger partial charge in [-0.3, -0.25) is 0 Å². The molecule has 0 radical (unpaired) electrons. The summed E-state index contributed by atoms with van der Waals surface area (Å²) in [7, 11) is 0. The molecule has 1 aromatic heterocycles. The van der Waals surface area contributed by atoms with E-state index in [9.17, 15) is 0 Å². The molecule has 2 N–H and O–H groups in total. The van der Waals surface area contributed by atoms with E-state index in [0.29, 0.717) is 5.22 Å². The van der Waals surface area contributed by atoms with Gasteiger partial charge < -0.3 is 15.1 Å². The van der Waals surface area contributed by atoms with Gasteiger partial charge >= 0.3 is 0 Å². The highest BCUT2D eigenvalue weighted by molar-refractivity contribution is 6.29. The van der Waals surface area contributed by atoms with Gasteiger partial charge in [0.15, 0.2) is 5.22 Å². The quantitative estimate of drug-likeness (QED) is 0.707. The van der Waals surface area contributed by atoms with Crippen LogP contribution in [-0.2, 0) is 12.0 Å². The second kappa shape index (κ2) is 3.51. The highest BCUT2D eigenvalue weighted by Gasteiger charge is 2.39. The van der Waals surface area contributed by atoms with E-state index in [1.54, 1.807) is 0 Å². The highest BCUT2D eigenvalue weighted by Crippen LogP contribution is 2.38. The van der Waals surface area contributed by atoms with Gasteiger partial charge in [0.1, 0.15) is 5.76 Å². The third-order valence-corrected chi connectivity index (χ3v) is 3.75. The molecule has 2 aliphatic heterocycles. The lowest BCUT2D eigenvalue weighted by Gasteiger charge is -2.41. The fourth-order valence-corrected chi connectivity index (χ4v) is 3.00. The molecule has 0 bridgehead atoms. The molecule has 0 atom stereocenters. The Bertz CT molecular complexity index is 369. The minimum Gasteiger partial charge on any atom is -0.449 e. The predicted octanol–water partition coefficient (Wildman–Crippen LogP) is 1.66. The highest BCUT2D eigenvalue weighted by atomic mass is 35.5. The zero-order valence-electron chi connectivity index (χ0n) is 8.61. The van der Waals surface area contributed by atoms with Gasteiger partial charge in [-0.25, -0.2) is 0 Å². The van der Waals surface area contributed by atoms with Crippen LogP contribution >= 0.6 is 11.6 Å². The molecule has 3 heterocycles. The maximum absolute atomic E-state index is 5.94. The standard InChI is InChI=1S/C11H15ClN2O/c12-10-7-8-9(15-10)1-4-14-11(8)2-5-13-6-3-11/h7,13-14H,1-6H2. The van der Waals surface area contributed by atoms with Crippen molar-refractivity contribution in [3.8, 4) is 0 Å². The first-order valence-corrected chi connectivity index (χ1v) is 5.92. The average molecular weight is 227 g/mol. The Morgan fingerprint density at radius 2 is 2.07 bits per heavy atom. The summed E-state index contributed by atoms with van der Waals surface area (Å²) < 4.78 is 5.54. The van der Waals surface area contributed by atoms with Crippen molar-refractivity contribution < 1.29 is 4.42 Å². The molecule has 1 aromatic rings. The van der Waals surface area contributed by atoms with Crippen LogP contribution in [-0.4, -0.2) is 19.6 Å². The van der Waals surface area contributed by atoms with Crippen molar-refractivity contribution in [3.05, 3.63) is 22.6 Å². The Kier molecular flexibility index (Phi) is 2.27. The Morgan fingerprint density at radius 1 is 1.27 bits per heavy atom. The van der Waals surface area contributed by atoms with E-state index in [1.165, 1.54) is 5.56 Å². The van der Waals surface area contributed by atoms with Crippen molar-refractivity contribution in [2.45, 2.75) is 24.8 Å². The van der Waals surface area contributed by atoms with Crippen LogP contribution in [0.15, 0.2) is 10.5 Å². The molecule has 1 saturated heterocycles.